The van der Waals surface area contributed by atoms with Crippen LogP contribution in [0.1, 0.15) is 194 Å². The molecule has 47 heavy (non-hydrogen) atoms. The summed E-state index contributed by atoms with van der Waals surface area (Å²) in [6.07, 6.45) is 31.5. The van der Waals surface area contributed by atoms with Gasteiger partial charge in [-0.1, -0.05) is 124 Å². The summed E-state index contributed by atoms with van der Waals surface area (Å²) in [6, 6.07) is 0. The van der Waals surface area contributed by atoms with Crippen molar-refractivity contribution in [3.8, 4) is 0 Å². The lowest BCUT2D eigenvalue weighted by Crippen LogP contribution is -2.62. The van der Waals surface area contributed by atoms with Crippen LogP contribution in [0.15, 0.2) is 0 Å². The molecule has 3 N–H and O–H groups in total. The van der Waals surface area contributed by atoms with Crippen LogP contribution in [-0.4, -0.2) is 39.4 Å². The molecule has 5 saturated carbocycles. The summed E-state index contributed by atoms with van der Waals surface area (Å²) in [4.78, 5) is 13.1. The van der Waals surface area contributed by atoms with E-state index in [-0.39, 0.29) is 35.1 Å². The van der Waals surface area contributed by atoms with Gasteiger partial charge < -0.3 is 15.3 Å². The fourth-order valence-electron chi connectivity index (χ4n) is 12.7. The van der Waals surface area contributed by atoms with E-state index in [1.54, 1.807) is 0 Å². The third-order valence-corrected chi connectivity index (χ3v) is 15.7. The van der Waals surface area contributed by atoms with Gasteiger partial charge in [0.15, 0.2) is 0 Å². The van der Waals surface area contributed by atoms with Crippen LogP contribution >= 0.6 is 0 Å². The van der Waals surface area contributed by atoms with Crippen molar-refractivity contribution in [1.82, 2.24) is 0 Å². The molecule has 0 aliphatic heterocycles. The Labute approximate surface area is 290 Å². The highest BCUT2D eigenvalue weighted by Crippen LogP contribution is 2.68. The molecule has 0 aromatic heterocycles. The number of unbranched alkanes of at least 4 members (excludes halogenated alkanes) is 1. The molecule has 5 fully saturated rings. The molecular formula is C43H76O4. The van der Waals surface area contributed by atoms with Crippen molar-refractivity contribution < 1.29 is 20.1 Å². The van der Waals surface area contributed by atoms with Crippen LogP contribution in [0, 0.1) is 52.3 Å². The standard InChI is InChI=1S/C43H76O4/c1-31(22-23-34(44)21-17-16-20-32-18-14-12-10-8-6-4-5-7-9-11-13-15-19-32)36-24-25-37-41-38(30-40(47)43(36,37)3)42(2)27-26-35(45)28-33(42)29-39(41)46/h31-33,35-41,45-47H,4-30H2,1-3H3/t31-,33?,35?,36?,37?,38?,39?,40?,41?,42?,43?/m1/s1. The molecule has 5 aliphatic rings. The highest BCUT2D eigenvalue weighted by Gasteiger charge is 2.65. The molecule has 4 nitrogen and oxygen atoms in total. The van der Waals surface area contributed by atoms with Gasteiger partial charge in [-0.25, -0.2) is 0 Å². The van der Waals surface area contributed by atoms with E-state index in [4.69, 9.17) is 0 Å². The topological polar surface area (TPSA) is 77.8 Å². The molecule has 0 spiro atoms. The van der Waals surface area contributed by atoms with Gasteiger partial charge in [-0.3, -0.25) is 4.79 Å². The van der Waals surface area contributed by atoms with E-state index in [1.807, 2.05) is 0 Å². The van der Waals surface area contributed by atoms with E-state index >= 15 is 0 Å². The predicted octanol–water partition coefficient (Wildman–Crippen LogP) is 10.6. The number of fused-ring (bicyclic) bond motifs is 5. The first-order chi connectivity index (χ1) is 22.6. The first-order valence-electron chi connectivity index (χ1n) is 21.2. The first-order valence-corrected chi connectivity index (χ1v) is 21.2. The largest absolute Gasteiger partial charge is 0.393 e. The number of hydrogen-bond donors (Lipinski definition) is 3. The van der Waals surface area contributed by atoms with Gasteiger partial charge in [-0.15, -0.1) is 0 Å². The van der Waals surface area contributed by atoms with Gasteiger partial charge in [-0.05, 0) is 110 Å². The fourth-order valence-corrected chi connectivity index (χ4v) is 12.7. The second-order valence-corrected chi connectivity index (χ2v) is 18.5. The predicted molar refractivity (Wildman–Crippen MR) is 194 cm³/mol. The van der Waals surface area contributed by atoms with Crippen LogP contribution in [0.25, 0.3) is 0 Å². The van der Waals surface area contributed by atoms with E-state index in [9.17, 15) is 20.1 Å². The van der Waals surface area contributed by atoms with Crippen LogP contribution in [0.4, 0.5) is 0 Å². The van der Waals surface area contributed by atoms with Crippen LogP contribution in [0.3, 0.4) is 0 Å². The number of Topliss-reactive ketones (excluding diaryl/α,β-unsaturated/α-hetero) is 1. The lowest BCUT2D eigenvalue weighted by molar-refractivity contribution is -0.207. The van der Waals surface area contributed by atoms with Gasteiger partial charge >= 0.3 is 0 Å². The molecule has 5 aliphatic carbocycles. The van der Waals surface area contributed by atoms with Crippen LogP contribution in [-0.2, 0) is 4.79 Å². The lowest BCUT2D eigenvalue weighted by Gasteiger charge is -2.63. The second kappa shape index (κ2) is 17.7. The van der Waals surface area contributed by atoms with E-state index in [2.05, 4.69) is 20.8 Å². The minimum atomic E-state index is -0.344. The SMILES string of the molecule is C[C@H](CCC(=O)CCCCC1CCCCCCCCCCCCCC1)C1CCC2C3C(O)CC4CC(O)CCC4(C)C3CC(O)C21C. The maximum absolute atomic E-state index is 13.1. The zero-order valence-corrected chi connectivity index (χ0v) is 31.1. The van der Waals surface area contributed by atoms with Gasteiger partial charge in [0.25, 0.3) is 0 Å². The quantitative estimate of drug-likeness (QED) is 0.216. The normalized spacial score (nSPS) is 41.9. The number of aliphatic hydroxyl groups excluding tert-OH is 3. The molecule has 0 radical (unpaired) electrons. The smallest absolute Gasteiger partial charge is 0.132 e. The summed E-state index contributed by atoms with van der Waals surface area (Å²) < 4.78 is 0. The van der Waals surface area contributed by atoms with Crippen molar-refractivity contribution in [3.63, 3.8) is 0 Å². The Hall–Kier alpha value is -0.450. The molecule has 0 heterocycles. The number of rotatable bonds is 9. The average Bonchev–Trinajstić information content (AvgIpc) is 3.40. The Balaban J connectivity index is 1.06. The van der Waals surface area contributed by atoms with Crippen molar-refractivity contribution in [3.05, 3.63) is 0 Å². The van der Waals surface area contributed by atoms with Crippen LogP contribution in [0.2, 0.25) is 0 Å². The molecule has 0 aromatic carbocycles. The van der Waals surface area contributed by atoms with Crippen LogP contribution in [0.5, 0.6) is 0 Å². The zero-order valence-electron chi connectivity index (χ0n) is 31.1. The van der Waals surface area contributed by atoms with Gasteiger partial charge in [-0.2, -0.15) is 0 Å². The van der Waals surface area contributed by atoms with Gasteiger partial charge in [0.05, 0.1) is 18.3 Å². The summed E-state index contributed by atoms with van der Waals surface area (Å²) in [6.45, 7) is 7.10. The third kappa shape index (κ3) is 9.08. The Morgan fingerprint density at radius 1 is 0.702 bits per heavy atom. The molecule has 0 saturated heterocycles. The Bertz CT molecular complexity index is 934. The highest BCUT2D eigenvalue weighted by molar-refractivity contribution is 5.78. The van der Waals surface area contributed by atoms with Crippen molar-refractivity contribution in [2.75, 3.05) is 0 Å². The number of ketones is 1. The molecule has 0 bridgehead atoms. The molecule has 11 atom stereocenters. The number of aliphatic hydroxyl groups is 3. The molecule has 272 valence electrons. The Morgan fingerprint density at radius 2 is 1.32 bits per heavy atom. The average molecular weight is 657 g/mol. The van der Waals surface area contributed by atoms with Gasteiger partial charge in [0, 0.05) is 12.8 Å². The first kappa shape index (κ1) is 37.8. The second-order valence-electron chi connectivity index (χ2n) is 18.5. The van der Waals surface area contributed by atoms with E-state index in [1.165, 1.54) is 103 Å². The van der Waals surface area contributed by atoms with Gasteiger partial charge in [0.1, 0.15) is 5.78 Å². The van der Waals surface area contributed by atoms with Crippen LogP contribution < -0.4 is 0 Å². The summed E-state index contributed by atoms with van der Waals surface area (Å²) in [7, 11) is 0. The summed E-state index contributed by atoms with van der Waals surface area (Å²) in [5, 5.41) is 33.9. The van der Waals surface area contributed by atoms with Crippen molar-refractivity contribution in [2.24, 2.45) is 52.3 Å². The van der Waals surface area contributed by atoms with Crippen molar-refractivity contribution in [2.45, 2.75) is 212 Å². The van der Waals surface area contributed by atoms with E-state index in [0.717, 1.165) is 70.1 Å². The van der Waals surface area contributed by atoms with Crippen molar-refractivity contribution >= 4 is 5.78 Å². The molecule has 4 heteroatoms. The lowest BCUT2D eigenvalue weighted by atomic mass is 9.43. The summed E-state index contributed by atoms with van der Waals surface area (Å²) in [5.41, 5.74) is -0.0554. The maximum Gasteiger partial charge on any atom is 0.132 e. The number of carbonyl (C=O) groups excluding carboxylic acids is 1. The van der Waals surface area contributed by atoms with Crippen molar-refractivity contribution in [1.29, 1.82) is 0 Å². The molecule has 0 aromatic rings. The maximum atomic E-state index is 13.1. The van der Waals surface area contributed by atoms with E-state index in [0.29, 0.717) is 41.8 Å². The monoisotopic (exact) mass is 657 g/mol. The summed E-state index contributed by atoms with van der Waals surface area (Å²) in [5.74, 6) is 3.48. The minimum absolute atomic E-state index is 0.118. The Morgan fingerprint density at radius 3 is 1.96 bits per heavy atom. The minimum Gasteiger partial charge on any atom is -0.393 e. The fraction of sp³-hybridized carbons (Fsp3) is 0.977. The third-order valence-electron chi connectivity index (χ3n) is 15.7. The number of carbonyl (C=O) groups is 1. The van der Waals surface area contributed by atoms with Gasteiger partial charge in [0.2, 0.25) is 0 Å². The Kier molecular flexibility index (Phi) is 14.2. The molecule has 10 unspecified atom stereocenters. The van der Waals surface area contributed by atoms with E-state index < -0.39 is 0 Å². The molecular weight excluding hydrogens is 580 g/mol. The molecule has 5 rings (SSSR count). The zero-order chi connectivity index (χ0) is 33.4. The molecule has 0 amide bonds. The highest BCUT2D eigenvalue weighted by atomic mass is 16.3. The number of hydrogen-bond acceptors (Lipinski definition) is 4. The summed E-state index contributed by atoms with van der Waals surface area (Å²) >= 11 is 0.